The summed E-state index contributed by atoms with van der Waals surface area (Å²) in [6, 6.07) is 3.17. The van der Waals surface area contributed by atoms with E-state index in [0.717, 1.165) is 24.3 Å². The number of carbonyl (C=O) groups is 1. The molecule has 0 saturated carbocycles. The van der Waals surface area contributed by atoms with Crippen LogP contribution in [-0.2, 0) is 0 Å². The third kappa shape index (κ3) is 2.72. The van der Waals surface area contributed by atoms with Gasteiger partial charge in [-0.1, -0.05) is 0 Å². The summed E-state index contributed by atoms with van der Waals surface area (Å²) in [5, 5.41) is 2.84. The second-order valence-corrected chi connectivity index (χ2v) is 4.88. The maximum absolute atomic E-state index is 13.2. The van der Waals surface area contributed by atoms with Gasteiger partial charge in [-0.2, -0.15) is 16.2 Å². The Balaban J connectivity index is 2.00. The van der Waals surface area contributed by atoms with Crippen LogP contribution in [0.1, 0.15) is 23.2 Å². The van der Waals surface area contributed by atoms with Gasteiger partial charge in [-0.15, -0.1) is 0 Å². The fourth-order valence-corrected chi connectivity index (χ4v) is 2.75. The van der Waals surface area contributed by atoms with Gasteiger partial charge < -0.3 is 5.32 Å². The van der Waals surface area contributed by atoms with Crippen molar-refractivity contribution in [3.63, 3.8) is 0 Å². The molecule has 0 bridgehead atoms. The molecule has 5 heteroatoms. The number of thioether (sulfide) groups is 1. The maximum atomic E-state index is 13.2. The van der Waals surface area contributed by atoms with Crippen molar-refractivity contribution in [1.82, 2.24) is 10.3 Å². The number of amides is 1. The molecule has 1 aliphatic rings. The van der Waals surface area contributed by atoms with Gasteiger partial charge in [0.05, 0.1) is 5.56 Å². The summed E-state index contributed by atoms with van der Waals surface area (Å²) in [4.78, 5) is 15.2. The minimum absolute atomic E-state index is 0.0260. The second kappa shape index (κ2) is 5.30. The van der Waals surface area contributed by atoms with Crippen LogP contribution in [0.25, 0.3) is 0 Å². The van der Waals surface area contributed by atoms with E-state index in [4.69, 9.17) is 0 Å². The number of halogens is 1. The molecule has 86 valence electrons. The quantitative estimate of drug-likeness (QED) is 0.802. The van der Waals surface area contributed by atoms with E-state index >= 15 is 0 Å². The van der Waals surface area contributed by atoms with Gasteiger partial charge in [0.2, 0.25) is 5.95 Å². The van der Waals surface area contributed by atoms with Gasteiger partial charge in [-0.3, -0.25) is 4.79 Å². The molecule has 0 aromatic carbocycles. The first-order valence-corrected chi connectivity index (χ1v) is 6.42. The van der Waals surface area contributed by atoms with E-state index in [1.807, 2.05) is 11.8 Å². The molecule has 1 saturated heterocycles. The van der Waals surface area contributed by atoms with Crippen LogP contribution in [0.5, 0.6) is 0 Å². The van der Waals surface area contributed by atoms with E-state index in [0.29, 0.717) is 0 Å². The fourth-order valence-electron chi connectivity index (χ4n) is 1.67. The predicted molar refractivity (Wildman–Crippen MR) is 62.0 cm³/mol. The Morgan fingerprint density at radius 2 is 2.50 bits per heavy atom. The summed E-state index contributed by atoms with van der Waals surface area (Å²) in [7, 11) is 0. The monoisotopic (exact) mass is 240 g/mol. The molecule has 0 spiro atoms. The Labute approximate surface area is 97.8 Å². The summed E-state index contributed by atoms with van der Waals surface area (Å²) in [5.74, 6) is 0.989. The van der Waals surface area contributed by atoms with Crippen molar-refractivity contribution in [3.05, 3.63) is 29.8 Å². The number of rotatable bonds is 2. The standard InChI is InChI=1S/C11H13FN2OS/c12-10-9(4-1-5-13-10)11(15)14-8-3-2-6-16-7-8/h1,4-5,8H,2-3,6-7H2,(H,14,15). The molecule has 3 nitrogen and oxygen atoms in total. The van der Waals surface area contributed by atoms with Crippen molar-refractivity contribution < 1.29 is 9.18 Å². The molecule has 0 radical (unpaired) electrons. The van der Waals surface area contributed by atoms with E-state index in [-0.39, 0.29) is 17.5 Å². The smallest absolute Gasteiger partial charge is 0.256 e. The summed E-state index contributed by atoms with van der Waals surface area (Å²) >= 11 is 1.82. The van der Waals surface area contributed by atoms with Gasteiger partial charge in [0.1, 0.15) is 0 Å². The lowest BCUT2D eigenvalue weighted by Gasteiger charge is -2.22. The van der Waals surface area contributed by atoms with Crippen molar-refractivity contribution >= 4 is 17.7 Å². The summed E-state index contributed by atoms with van der Waals surface area (Å²) in [5.41, 5.74) is 0.0260. The van der Waals surface area contributed by atoms with Crippen LogP contribution in [0, 0.1) is 5.95 Å². The Morgan fingerprint density at radius 1 is 1.62 bits per heavy atom. The molecule has 1 N–H and O–H groups in total. The molecule has 0 aliphatic carbocycles. The largest absolute Gasteiger partial charge is 0.348 e. The third-order valence-electron chi connectivity index (χ3n) is 2.50. The SMILES string of the molecule is O=C(NC1CCCSC1)c1cccnc1F. The van der Waals surface area contributed by atoms with Crippen LogP contribution >= 0.6 is 11.8 Å². The maximum Gasteiger partial charge on any atom is 0.256 e. The summed E-state index contributed by atoms with van der Waals surface area (Å²) in [6.07, 6.45) is 3.41. The number of aromatic nitrogens is 1. The molecule has 2 rings (SSSR count). The number of nitrogens with one attached hydrogen (secondary N) is 1. The van der Waals surface area contributed by atoms with Gasteiger partial charge in [0.15, 0.2) is 0 Å². The fraction of sp³-hybridized carbons (Fsp3) is 0.455. The molecule has 1 aromatic heterocycles. The van der Waals surface area contributed by atoms with Crippen molar-refractivity contribution in [3.8, 4) is 0 Å². The summed E-state index contributed by atoms with van der Waals surface area (Å²) < 4.78 is 13.2. The highest BCUT2D eigenvalue weighted by molar-refractivity contribution is 7.99. The zero-order chi connectivity index (χ0) is 11.4. The van der Waals surface area contributed by atoms with E-state index in [9.17, 15) is 9.18 Å². The Morgan fingerprint density at radius 3 is 3.19 bits per heavy atom. The molecule has 2 heterocycles. The Kier molecular flexibility index (Phi) is 3.77. The van der Waals surface area contributed by atoms with Crippen molar-refractivity contribution in [2.45, 2.75) is 18.9 Å². The molecule has 1 amide bonds. The van der Waals surface area contributed by atoms with Crippen molar-refractivity contribution in [2.75, 3.05) is 11.5 Å². The van der Waals surface area contributed by atoms with Crippen LogP contribution in [0.15, 0.2) is 18.3 Å². The van der Waals surface area contributed by atoms with Crippen LogP contribution in [0.4, 0.5) is 4.39 Å². The average Bonchev–Trinajstić information content (AvgIpc) is 2.31. The zero-order valence-corrected chi connectivity index (χ0v) is 9.60. The first-order valence-electron chi connectivity index (χ1n) is 5.26. The lowest BCUT2D eigenvalue weighted by atomic mass is 10.1. The Hall–Kier alpha value is -1.10. The number of pyridine rings is 1. The van der Waals surface area contributed by atoms with Crippen LogP contribution in [-0.4, -0.2) is 28.4 Å². The van der Waals surface area contributed by atoms with Crippen molar-refractivity contribution in [2.24, 2.45) is 0 Å². The molecule has 1 unspecified atom stereocenters. The molecule has 1 fully saturated rings. The highest BCUT2D eigenvalue weighted by Gasteiger charge is 2.18. The van der Waals surface area contributed by atoms with E-state index in [1.165, 1.54) is 12.3 Å². The first kappa shape index (κ1) is 11.4. The zero-order valence-electron chi connectivity index (χ0n) is 8.78. The van der Waals surface area contributed by atoms with Gasteiger partial charge in [-0.05, 0) is 30.7 Å². The lowest BCUT2D eigenvalue weighted by Crippen LogP contribution is -2.38. The van der Waals surface area contributed by atoms with E-state index in [2.05, 4.69) is 10.3 Å². The molecular weight excluding hydrogens is 227 g/mol. The molecule has 1 atom stereocenters. The van der Waals surface area contributed by atoms with Gasteiger partial charge >= 0.3 is 0 Å². The second-order valence-electron chi connectivity index (χ2n) is 3.73. The molecule has 1 aromatic rings. The highest BCUT2D eigenvalue weighted by atomic mass is 32.2. The number of carbonyl (C=O) groups excluding carboxylic acids is 1. The van der Waals surface area contributed by atoms with E-state index in [1.54, 1.807) is 6.07 Å². The van der Waals surface area contributed by atoms with Gasteiger partial charge in [0, 0.05) is 18.0 Å². The third-order valence-corrected chi connectivity index (χ3v) is 3.71. The Bertz CT molecular complexity index is 380. The molecule has 16 heavy (non-hydrogen) atoms. The lowest BCUT2D eigenvalue weighted by molar-refractivity contribution is 0.0933. The normalized spacial score (nSPS) is 20.4. The average molecular weight is 240 g/mol. The topological polar surface area (TPSA) is 42.0 Å². The highest BCUT2D eigenvalue weighted by Crippen LogP contribution is 2.17. The number of hydrogen-bond acceptors (Lipinski definition) is 3. The predicted octanol–water partition coefficient (Wildman–Crippen LogP) is 1.85. The van der Waals surface area contributed by atoms with Crippen LogP contribution in [0.2, 0.25) is 0 Å². The first-order chi connectivity index (χ1) is 7.77. The van der Waals surface area contributed by atoms with Crippen molar-refractivity contribution in [1.29, 1.82) is 0 Å². The van der Waals surface area contributed by atoms with Gasteiger partial charge in [0.25, 0.3) is 5.91 Å². The minimum atomic E-state index is -0.705. The van der Waals surface area contributed by atoms with E-state index < -0.39 is 5.95 Å². The number of nitrogens with zero attached hydrogens (tertiary/aromatic N) is 1. The molecule has 1 aliphatic heterocycles. The number of hydrogen-bond donors (Lipinski definition) is 1. The van der Waals surface area contributed by atoms with Gasteiger partial charge in [-0.25, -0.2) is 4.98 Å². The molecular formula is C11H13FN2OS. The minimum Gasteiger partial charge on any atom is -0.348 e. The van der Waals surface area contributed by atoms with Crippen LogP contribution < -0.4 is 5.32 Å². The summed E-state index contributed by atoms with van der Waals surface area (Å²) in [6.45, 7) is 0. The van der Waals surface area contributed by atoms with Crippen LogP contribution in [0.3, 0.4) is 0 Å².